The second-order valence-corrected chi connectivity index (χ2v) is 4.24. The molecule has 0 unspecified atom stereocenters. The first-order chi connectivity index (χ1) is 6.00. The van der Waals surface area contributed by atoms with Crippen molar-refractivity contribution < 1.29 is 5.48 Å². The summed E-state index contributed by atoms with van der Waals surface area (Å²) < 4.78 is 0. The SMILES string of the molecule is C1CCCCCCCCCCC1.O. The molecule has 0 radical (unpaired) electrons. The first-order valence-electron chi connectivity index (χ1n) is 6.00. The van der Waals surface area contributed by atoms with Crippen LogP contribution < -0.4 is 0 Å². The second kappa shape index (κ2) is 10.0. The highest BCUT2D eigenvalue weighted by molar-refractivity contribution is 4.51. The Hall–Kier alpha value is -0.0400. The van der Waals surface area contributed by atoms with Crippen LogP contribution in [-0.2, 0) is 0 Å². The van der Waals surface area contributed by atoms with Crippen molar-refractivity contribution in [2.24, 2.45) is 0 Å². The average Bonchev–Trinajstić information content (AvgIpc) is 2.05. The van der Waals surface area contributed by atoms with Gasteiger partial charge in [-0.3, -0.25) is 0 Å². The van der Waals surface area contributed by atoms with E-state index >= 15 is 0 Å². The summed E-state index contributed by atoms with van der Waals surface area (Å²) in [6.07, 6.45) is 18.0. The minimum Gasteiger partial charge on any atom is -0.412 e. The Labute approximate surface area is 83.2 Å². The van der Waals surface area contributed by atoms with Gasteiger partial charge < -0.3 is 5.48 Å². The summed E-state index contributed by atoms with van der Waals surface area (Å²) in [7, 11) is 0. The van der Waals surface area contributed by atoms with Crippen LogP contribution in [0, 0.1) is 0 Å². The van der Waals surface area contributed by atoms with Crippen LogP contribution in [0.15, 0.2) is 0 Å². The molecule has 0 saturated heterocycles. The van der Waals surface area contributed by atoms with Crippen molar-refractivity contribution in [1.82, 2.24) is 0 Å². The largest absolute Gasteiger partial charge is 0.412 e. The van der Waals surface area contributed by atoms with Crippen molar-refractivity contribution in [2.75, 3.05) is 0 Å². The molecular formula is C12H26O. The van der Waals surface area contributed by atoms with Crippen molar-refractivity contribution in [2.45, 2.75) is 77.0 Å². The summed E-state index contributed by atoms with van der Waals surface area (Å²) in [4.78, 5) is 0. The van der Waals surface area contributed by atoms with Gasteiger partial charge in [-0.1, -0.05) is 77.0 Å². The van der Waals surface area contributed by atoms with Crippen molar-refractivity contribution in [1.29, 1.82) is 0 Å². The molecule has 1 fully saturated rings. The predicted molar refractivity (Wildman–Crippen MR) is 59.0 cm³/mol. The van der Waals surface area contributed by atoms with Crippen LogP contribution in [-0.4, -0.2) is 5.48 Å². The summed E-state index contributed by atoms with van der Waals surface area (Å²) in [5.74, 6) is 0. The lowest BCUT2D eigenvalue weighted by Gasteiger charge is -2.05. The lowest BCUT2D eigenvalue weighted by Crippen LogP contribution is -1.85. The van der Waals surface area contributed by atoms with Gasteiger partial charge in [0.1, 0.15) is 0 Å². The molecule has 2 N–H and O–H groups in total. The monoisotopic (exact) mass is 186 g/mol. The fourth-order valence-electron chi connectivity index (χ4n) is 2.12. The van der Waals surface area contributed by atoms with Crippen LogP contribution in [0.5, 0.6) is 0 Å². The quantitative estimate of drug-likeness (QED) is 0.550. The molecule has 0 aliphatic heterocycles. The van der Waals surface area contributed by atoms with Crippen molar-refractivity contribution in [3.05, 3.63) is 0 Å². The summed E-state index contributed by atoms with van der Waals surface area (Å²) >= 11 is 0. The lowest BCUT2D eigenvalue weighted by molar-refractivity contribution is 0.504. The third kappa shape index (κ3) is 8.29. The third-order valence-corrected chi connectivity index (χ3v) is 3.00. The van der Waals surface area contributed by atoms with Gasteiger partial charge in [0.25, 0.3) is 0 Å². The fourth-order valence-corrected chi connectivity index (χ4v) is 2.12. The average molecular weight is 186 g/mol. The van der Waals surface area contributed by atoms with E-state index in [2.05, 4.69) is 0 Å². The zero-order valence-electron chi connectivity index (χ0n) is 8.99. The van der Waals surface area contributed by atoms with Crippen LogP contribution in [0.1, 0.15) is 77.0 Å². The van der Waals surface area contributed by atoms with Gasteiger partial charge in [-0.25, -0.2) is 0 Å². The maximum atomic E-state index is 1.50. The van der Waals surface area contributed by atoms with Gasteiger partial charge in [0.05, 0.1) is 0 Å². The fraction of sp³-hybridized carbons (Fsp3) is 1.00. The summed E-state index contributed by atoms with van der Waals surface area (Å²) in [6.45, 7) is 0. The van der Waals surface area contributed by atoms with Gasteiger partial charge in [-0.05, 0) is 0 Å². The Morgan fingerprint density at radius 1 is 0.231 bits per heavy atom. The third-order valence-electron chi connectivity index (χ3n) is 3.00. The molecular weight excluding hydrogens is 160 g/mol. The zero-order valence-corrected chi connectivity index (χ0v) is 8.99. The molecule has 1 aliphatic rings. The normalized spacial score (nSPS) is 22.2. The van der Waals surface area contributed by atoms with Gasteiger partial charge in [-0.2, -0.15) is 0 Å². The van der Waals surface area contributed by atoms with E-state index in [0.29, 0.717) is 0 Å². The molecule has 1 nitrogen and oxygen atoms in total. The molecule has 0 bridgehead atoms. The van der Waals surface area contributed by atoms with Crippen LogP contribution >= 0.6 is 0 Å². The summed E-state index contributed by atoms with van der Waals surface area (Å²) in [6, 6.07) is 0. The van der Waals surface area contributed by atoms with Gasteiger partial charge in [0.2, 0.25) is 0 Å². The Kier molecular flexibility index (Phi) is 10.0. The number of hydrogen-bond acceptors (Lipinski definition) is 0. The maximum absolute atomic E-state index is 1.50. The van der Waals surface area contributed by atoms with E-state index in [4.69, 9.17) is 0 Å². The van der Waals surface area contributed by atoms with E-state index in [-0.39, 0.29) is 5.48 Å². The molecule has 13 heavy (non-hydrogen) atoms. The summed E-state index contributed by atoms with van der Waals surface area (Å²) in [5.41, 5.74) is 0. The highest BCUT2D eigenvalue weighted by Crippen LogP contribution is 2.15. The van der Waals surface area contributed by atoms with E-state index in [9.17, 15) is 0 Å². The molecule has 1 aliphatic carbocycles. The molecule has 1 rings (SSSR count). The second-order valence-electron chi connectivity index (χ2n) is 4.24. The molecule has 0 atom stereocenters. The predicted octanol–water partition coefficient (Wildman–Crippen LogP) is 3.86. The molecule has 1 heteroatoms. The first-order valence-corrected chi connectivity index (χ1v) is 6.00. The molecule has 1 saturated carbocycles. The summed E-state index contributed by atoms with van der Waals surface area (Å²) in [5, 5.41) is 0. The maximum Gasteiger partial charge on any atom is -0.0533 e. The Bertz CT molecular complexity index is 48.1. The van der Waals surface area contributed by atoms with Gasteiger partial charge in [-0.15, -0.1) is 0 Å². The van der Waals surface area contributed by atoms with Gasteiger partial charge in [0, 0.05) is 0 Å². The molecule has 0 spiro atoms. The van der Waals surface area contributed by atoms with Crippen molar-refractivity contribution in [3.63, 3.8) is 0 Å². The van der Waals surface area contributed by atoms with Crippen LogP contribution in [0.3, 0.4) is 0 Å². The standard InChI is InChI=1S/C12H24.H2O/c1-2-4-6-8-10-12-11-9-7-5-3-1;/h1-12H2;1H2. The molecule has 0 aromatic carbocycles. The minimum atomic E-state index is 0. The number of hydrogen-bond donors (Lipinski definition) is 0. The van der Waals surface area contributed by atoms with Crippen LogP contribution in [0.25, 0.3) is 0 Å². The van der Waals surface area contributed by atoms with Crippen LogP contribution in [0.2, 0.25) is 0 Å². The molecule has 0 aromatic rings. The van der Waals surface area contributed by atoms with E-state index in [1.165, 1.54) is 77.0 Å². The van der Waals surface area contributed by atoms with E-state index in [0.717, 1.165) is 0 Å². The smallest absolute Gasteiger partial charge is 0.0533 e. The Morgan fingerprint density at radius 3 is 0.385 bits per heavy atom. The Balaban J connectivity index is 0.00000144. The lowest BCUT2D eigenvalue weighted by atomic mass is 10.0. The first kappa shape index (κ1) is 13.0. The van der Waals surface area contributed by atoms with Gasteiger partial charge in [0.15, 0.2) is 0 Å². The number of rotatable bonds is 0. The van der Waals surface area contributed by atoms with E-state index in [1.54, 1.807) is 0 Å². The zero-order chi connectivity index (χ0) is 8.49. The molecule has 80 valence electrons. The molecule has 0 aromatic heterocycles. The van der Waals surface area contributed by atoms with Crippen LogP contribution in [0.4, 0.5) is 0 Å². The van der Waals surface area contributed by atoms with Crippen molar-refractivity contribution >= 4 is 0 Å². The molecule has 0 heterocycles. The van der Waals surface area contributed by atoms with Crippen molar-refractivity contribution in [3.8, 4) is 0 Å². The highest BCUT2D eigenvalue weighted by atomic mass is 16.0. The Morgan fingerprint density at radius 2 is 0.308 bits per heavy atom. The van der Waals surface area contributed by atoms with E-state index in [1.807, 2.05) is 0 Å². The van der Waals surface area contributed by atoms with Gasteiger partial charge >= 0.3 is 0 Å². The molecule has 0 amide bonds. The minimum absolute atomic E-state index is 0. The topological polar surface area (TPSA) is 31.5 Å². The highest BCUT2D eigenvalue weighted by Gasteiger charge is 1.96. The van der Waals surface area contributed by atoms with E-state index < -0.39 is 0 Å².